The number of carbonyl (C=O) groups is 1. The number of carbonyl (C=O) groups excluding carboxylic acids is 1. The minimum atomic E-state index is -0.196. The number of H-pyrrole nitrogens is 1. The number of amides is 1. The molecule has 0 radical (unpaired) electrons. The molecular formula is C23H26N6OS. The second-order valence-corrected chi connectivity index (χ2v) is 8.91. The summed E-state index contributed by atoms with van der Waals surface area (Å²) in [6, 6.07) is 13.9. The summed E-state index contributed by atoms with van der Waals surface area (Å²) < 4.78 is 1.91. The van der Waals surface area contributed by atoms with E-state index in [1.807, 2.05) is 34.9 Å². The lowest BCUT2D eigenvalue weighted by atomic mass is 10.0. The highest BCUT2D eigenvalue weighted by Gasteiger charge is 2.22. The highest BCUT2D eigenvalue weighted by atomic mass is 32.2. The molecule has 4 aromatic rings. The Morgan fingerprint density at radius 1 is 1.16 bits per heavy atom. The van der Waals surface area contributed by atoms with Crippen molar-refractivity contribution in [3.63, 3.8) is 0 Å². The molecule has 31 heavy (non-hydrogen) atoms. The van der Waals surface area contributed by atoms with Crippen molar-refractivity contribution in [1.82, 2.24) is 30.0 Å². The monoisotopic (exact) mass is 434 g/mol. The van der Waals surface area contributed by atoms with Crippen LogP contribution in [0, 0.1) is 19.8 Å². The second kappa shape index (κ2) is 8.93. The average molecular weight is 435 g/mol. The predicted molar refractivity (Wildman–Crippen MR) is 123 cm³/mol. The van der Waals surface area contributed by atoms with Gasteiger partial charge in [0.2, 0.25) is 5.91 Å². The van der Waals surface area contributed by atoms with E-state index in [0.29, 0.717) is 5.16 Å². The van der Waals surface area contributed by atoms with Gasteiger partial charge < -0.3 is 10.3 Å². The number of hydrogen-bond acceptors (Lipinski definition) is 5. The summed E-state index contributed by atoms with van der Waals surface area (Å²) >= 11 is 1.37. The van der Waals surface area contributed by atoms with Crippen molar-refractivity contribution in [2.24, 2.45) is 5.92 Å². The number of rotatable bonds is 7. The fraction of sp³-hybridized carbons (Fsp3) is 0.304. The number of nitrogens with one attached hydrogen (secondary N) is 2. The zero-order valence-corrected chi connectivity index (χ0v) is 18.9. The van der Waals surface area contributed by atoms with Crippen molar-refractivity contribution in [2.45, 2.75) is 38.9 Å². The first kappa shape index (κ1) is 21.1. The minimum Gasteiger partial charge on any atom is -0.345 e. The number of hydrogen-bond donors (Lipinski definition) is 2. The van der Waals surface area contributed by atoms with Crippen molar-refractivity contribution in [3.8, 4) is 5.69 Å². The highest BCUT2D eigenvalue weighted by Crippen LogP contribution is 2.24. The van der Waals surface area contributed by atoms with Gasteiger partial charge in [0.15, 0.2) is 5.16 Å². The first-order chi connectivity index (χ1) is 14.9. The summed E-state index contributed by atoms with van der Waals surface area (Å²) in [6.45, 7) is 8.30. The van der Waals surface area contributed by atoms with Crippen LogP contribution in [0.15, 0.2) is 53.9 Å². The third kappa shape index (κ3) is 4.64. The molecule has 1 amide bonds. The van der Waals surface area contributed by atoms with E-state index in [1.54, 1.807) is 6.33 Å². The van der Waals surface area contributed by atoms with Gasteiger partial charge in [-0.3, -0.25) is 9.36 Å². The number of thioether (sulfide) groups is 1. The maximum Gasteiger partial charge on any atom is 0.231 e. The van der Waals surface area contributed by atoms with Crippen LogP contribution >= 0.6 is 11.8 Å². The molecule has 0 saturated carbocycles. The molecule has 2 N–H and O–H groups in total. The number of nitrogens with zero attached hydrogens (tertiary/aromatic N) is 4. The van der Waals surface area contributed by atoms with Crippen LogP contribution < -0.4 is 5.32 Å². The SMILES string of the molecule is Cc1ccc(-n2cnnc2SCC(=O)N[C@@H](c2nc3ccccc3[nH]2)C(C)C)cc1C. The quantitative estimate of drug-likeness (QED) is 0.422. The Bertz CT molecular complexity index is 1180. The van der Waals surface area contributed by atoms with Gasteiger partial charge in [0.25, 0.3) is 0 Å². The third-order valence-electron chi connectivity index (χ3n) is 5.30. The molecule has 0 unspecified atom stereocenters. The summed E-state index contributed by atoms with van der Waals surface area (Å²) in [5, 5.41) is 12.0. The Hall–Kier alpha value is -3.13. The summed E-state index contributed by atoms with van der Waals surface area (Å²) in [4.78, 5) is 20.8. The number of benzene rings is 2. The van der Waals surface area contributed by atoms with E-state index in [2.05, 4.69) is 65.3 Å². The predicted octanol–water partition coefficient (Wildman–Crippen LogP) is 4.37. The lowest BCUT2D eigenvalue weighted by Crippen LogP contribution is -2.33. The first-order valence-electron chi connectivity index (χ1n) is 10.3. The van der Waals surface area contributed by atoms with Gasteiger partial charge in [-0.15, -0.1) is 10.2 Å². The van der Waals surface area contributed by atoms with Crippen LogP contribution in [-0.4, -0.2) is 36.4 Å². The molecule has 0 spiro atoms. The summed E-state index contributed by atoms with van der Waals surface area (Å²) in [7, 11) is 0. The molecule has 0 aliphatic carbocycles. The molecule has 8 heteroatoms. The summed E-state index contributed by atoms with van der Waals surface area (Å²) in [5.74, 6) is 1.13. The van der Waals surface area contributed by atoms with E-state index in [4.69, 9.17) is 0 Å². The standard InChI is InChI=1S/C23H26N6OS/c1-14(2)21(22-25-18-7-5-6-8-19(18)26-22)27-20(30)12-31-23-28-24-13-29(23)17-10-9-15(3)16(4)11-17/h5-11,13-14,21H,12H2,1-4H3,(H,25,26)(H,27,30)/t21-/m1/s1. The molecule has 2 aromatic carbocycles. The smallest absolute Gasteiger partial charge is 0.231 e. The lowest BCUT2D eigenvalue weighted by Gasteiger charge is -2.20. The number of aromatic amines is 1. The Morgan fingerprint density at radius 2 is 1.97 bits per heavy atom. The van der Waals surface area contributed by atoms with Crippen molar-refractivity contribution >= 4 is 28.7 Å². The van der Waals surface area contributed by atoms with Crippen LogP contribution in [0.5, 0.6) is 0 Å². The molecule has 2 aromatic heterocycles. The van der Waals surface area contributed by atoms with E-state index in [1.165, 1.54) is 22.9 Å². The minimum absolute atomic E-state index is 0.0706. The Balaban J connectivity index is 1.45. The fourth-order valence-corrected chi connectivity index (χ4v) is 4.13. The molecule has 160 valence electrons. The topological polar surface area (TPSA) is 88.5 Å². The molecule has 4 rings (SSSR count). The van der Waals surface area contributed by atoms with Gasteiger partial charge in [0, 0.05) is 5.69 Å². The number of aryl methyl sites for hydroxylation is 2. The van der Waals surface area contributed by atoms with Crippen molar-refractivity contribution in [1.29, 1.82) is 0 Å². The Morgan fingerprint density at radius 3 is 2.71 bits per heavy atom. The molecule has 0 saturated heterocycles. The van der Waals surface area contributed by atoms with E-state index in [0.717, 1.165) is 22.5 Å². The van der Waals surface area contributed by atoms with Crippen LogP contribution in [-0.2, 0) is 4.79 Å². The lowest BCUT2D eigenvalue weighted by molar-refractivity contribution is -0.119. The Labute approximate surface area is 185 Å². The summed E-state index contributed by atoms with van der Waals surface area (Å²) in [5.41, 5.74) is 5.28. The maximum atomic E-state index is 12.8. The van der Waals surface area contributed by atoms with Crippen LogP contribution in [0.1, 0.15) is 36.8 Å². The van der Waals surface area contributed by atoms with Gasteiger partial charge in [0.05, 0.1) is 22.8 Å². The average Bonchev–Trinajstić information content (AvgIpc) is 3.39. The fourth-order valence-electron chi connectivity index (χ4n) is 3.39. The highest BCUT2D eigenvalue weighted by molar-refractivity contribution is 7.99. The van der Waals surface area contributed by atoms with Gasteiger partial charge >= 0.3 is 0 Å². The van der Waals surface area contributed by atoms with Crippen LogP contribution in [0.2, 0.25) is 0 Å². The largest absolute Gasteiger partial charge is 0.345 e. The van der Waals surface area contributed by atoms with Gasteiger partial charge in [-0.25, -0.2) is 4.98 Å². The number of aromatic nitrogens is 5. The van der Waals surface area contributed by atoms with Gasteiger partial charge in [-0.05, 0) is 55.2 Å². The number of fused-ring (bicyclic) bond motifs is 1. The molecule has 0 aliphatic rings. The molecular weight excluding hydrogens is 408 g/mol. The first-order valence-corrected chi connectivity index (χ1v) is 11.3. The molecule has 0 aliphatic heterocycles. The molecule has 1 atom stereocenters. The number of imidazole rings is 1. The molecule has 2 heterocycles. The third-order valence-corrected chi connectivity index (χ3v) is 6.25. The second-order valence-electron chi connectivity index (χ2n) is 7.97. The molecule has 7 nitrogen and oxygen atoms in total. The van der Waals surface area contributed by atoms with Gasteiger partial charge in [0.1, 0.15) is 12.2 Å². The van der Waals surface area contributed by atoms with Crippen molar-refractivity contribution in [3.05, 3.63) is 65.7 Å². The van der Waals surface area contributed by atoms with Gasteiger partial charge in [-0.2, -0.15) is 0 Å². The van der Waals surface area contributed by atoms with Crippen molar-refractivity contribution in [2.75, 3.05) is 5.75 Å². The van der Waals surface area contributed by atoms with Crippen LogP contribution in [0.3, 0.4) is 0 Å². The molecule has 0 bridgehead atoms. The normalized spacial score (nSPS) is 12.4. The zero-order valence-electron chi connectivity index (χ0n) is 18.1. The van der Waals surface area contributed by atoms with E-state index in [9.17, 15) is 4.79 Å². The summed E-state index contributed by atoms with van der Waals surface area (Å²) in [6.07, 6.45) is 1.68. The van der Waals surface area contributed by atoms with E-state index >= 15 is 0 Å². The Kier molecular flexibility index (Phi) is 6.08. The van der Waals surface area contributed by atoms with Crippen LogP contribution in [0.4, 0.5) is 0 Å². The van der Waals surface area contributed by atoms with E-state index < -0.39 is 0 Å². The number of para-hydroxylation sites is 2. The zero-order chi connectivity index (χ0) is 22.0. The van der Waals surface area contributed by atoms with Crippen molar-refractivity contribution < 1.29 is 4.79 Å². The maximum absolute atomic E-state index is 12.8. The van der Waals surface area contributed by atoms with Crippen LogP contribution in [0.25, 0.3) is 16.7 Å². The molecule has 0 fully saturated rings. The van der Waals surface area contributed by atoms with E-state index in [-0.39, 0.29) is 23.6 Å². The van der Waals surface area contributed by atoms with Gasteiger partial charge in [-0.1, -0.05) is 43.8 Å².